The van der Waals surface area contributed by atoms with Gasteiger partial charge in [-0.1, -0.05) is 17.3 Å². The number of nitrogens with one attached hydrogen (secondary N) is 1. The third kappa shape index (κ3) is 3.25. The van der Waals surface area contributed by atoms with Crippen LogP contribution in [0.15, 0.2) is 45.3 Å². The lowest BCUT2D eigenvalue weighted by atomic mass is 10.0. The number of amides is 2. The van der Waals surface area contributed by atoms with Gasteiger partial charge in [-0.15, -0.1) is 0 Å². The molecule has 0 aliphatic carbocycles. The highest BCUT2D eigenvalue weighted by molar-refractivity contribution is 6.14. The first-order chi connectivity index (χ1) is 13.8. The topological polar surface area (TPSA) is 124 Å². The molecule has 3 heterocycles. The zero-order valence-corrected chi connectivity index (χ0v) is 16.1. The summed E-state index contributed by atoms with van der Waals surface area (Å²) in [5.41, 5.74) is 8.32. The Bertz CT molecular complexity index is 1270. The van der Waals surface area contributed by atoms with Gasteiger partial charge in [0, 0.05) is 5.56 Å². The lowest BCUT2D eigenvalue weighted by molar-refractivity contribution is 0.100. The molecule has 8 heteroatoms. The van der Waals surface area contributed by atoms with Crippen molar-refractivity contribution >= 4 is 28.6 Å². The number of pyridine rings is 1. The normalized spacial score (nSPS) is 11.0. The van der Waals surface area contributed by atoms with E-state index in [2.05, 4.69) is 15.5 Å². The Hall–Kier alpha value is -3.94. The molecule has 29 heavy (non-hydrogen) atoms. The third-order valence-electron chi connectivity index (χ3n) is 4.62. The molecule has 4 aromatic rings. The van der Waals surface area contributed by atoms with Crippen molar-refractivity contribution in [3.63, 3.8) is 0 Å². The van der Waals surface area contributed by atoms with Crippen LogP contribution in [0.2, 0.25) is 0 Å². The molecule has 0 atom stereocenters. The summed E-state index contributed by atoms with van der Waals surface area (Å²) in [6.07, 6.45) is 0. The van der Waals surface area contributed by atoms with Gasteiger partial charge >= 0.3 is 0 Å². The number of hydrogen-bond acceptors (Lipinski definition) is 6. The maximum Gasteiger partial charge on any atom is 0.259 e. The Kier molecular flexibility index (Phi) is 4.38. The Labute approximate surface area is 165 Å². The molecule has 0 aliphatic rings. The Morgan fingerprint density at radius 1 is 1.07 bits per heavy atom. The van der Waals surface area contributed by atoms with Gasteiger partial charge in [0.1, 0.15) is 11.5 Å². The standard InChI is InChI=1S/C21H18N4O4/c1-10-8-14(12(3)28-10)17-9-15(18-11(2)25-29-21(18)24-17)20(27)23-16-7-5-4-6-13(16)19(22)26/h4-9H,1-3H3,(H2,22,26)(H,23,27). The number of anilines is 1. The second kappa shape index (κ2) is 6.90. The van der Waals surface area contributed by atoms with Crippen molar-refractivity contribution in [1.29, 1.82) is 0 Å². The van der Waals surface area contributed by atoms with Crippen molar-refractivity contribution in [2.24, 2.45) is 5.73 Å². The van der Waals surface area contributed by atoms with Gasteiger partial charge in [0.25, 0.3) is 17.5 Å². The lowest BCUT2D eigenvalue weighted by Gasteiger charge is -2.10. The molecule has 0 fully saturated rings. The van der Waals surface area contributed by atoms with Gasteiger partial charge in [-0.05, 0) is 45.0 Å². The summed E-state index contributed by atoms with van der Waals surface area (Å²) in [5.74, 6) is 0.342. The van der Waals surface area contributed by atoms with Crippen LogP contribution in [-0.2, 0) is 0 Å². The largest absolute Gasteiger partial charge is 0.466 e. The second-order valence-corrected chi connectivity index (χ2v) is 6.69. The van der Waals surface area contributed by atoms with Gasteiger partial charge in [0.2, 0.25) is 0 Å². The molecule has 8 nitrogen and oxygen atoms in total. The fraction of sp³-hybridized carbons (Fsp3) is 0.143. The van der Waals surface area contributed by atoms with Crippen molar-refractivity contribution in [3.05, 3.63) is 64.7 Å². The highest BCUT2D eigenvalue weighted by Gasteiger charge is 2.22. The highest BCUT2D eigenvalue weighted by atomic mass is 16.5. The molecule has 146 valence electrons. The SMILES string of the molecule is Cc1cc(-c2cc(C(=O)Nc3ccccc3C(N)=O)c3c(C)noc3n2)c(C)o1. The van der Waals surface area contributed by atoms with Crippen LogP contribution < -0.4 is 11.1 Å². The van der Waals surface area contributed by atoms with Crippen molar-refractivity contribution < 1.29 is 18.5 Å². The minimum absolute atomic E-state index is 0.217. The number of primary amides is 1. The second-order valence-electron chi connectivity index (χ2n) is 6.69. The molecule has 0 aliphatic heterocycles. The first-order valence-electron chi connectivity index (χ1n) is 8.89. The van der Waals surface area contributed by atoms with E-state index in [9.17, 15) is 9.59 Å². The predicted octanol–water partition coefficient (Wildman–Crippen LogP) is 3.76. The molecule has 0 radical (unpaired) electrons. The number of benzene rings is 1. The van der Waals surface area contributed by atoms with E-state index in [1.54, 1.807) is 37.3 Å². The van der Waals surface area contributed by atoms with Crippen LogP contribution in [0.1, 0.15) is 37.9 Å². The average Bonchev–Trinajstić information content (AvgIpc) is 3.22. The molecule has 0 saturated heterocycles. The molecule has 1 aromatic carbocycles. The molecule has 0 saturated carbocycles. The van der Waals surface area contributed by atoms with Gasteiger partial charge < -0.3 is 20.0 Å². The van der Waals surface area contributed by atoms with E-state index >= 15 is 0 Å². The van der Waals surface area contributed by atoms with Crippen LogP contribution in [-0.4, -0.2) is 22.0 Å². The number of hydrogen-bond donors (Lipinski definition) is 2. The van der Waals surface area contributed by atoms with Crippen LogP contribution >= 0.6 is 0 Å². The van der Waals surface area contributed by atoms with Crippen molar-refractivity contribution in [1.82, 2.24) is 10.1 Å². The first kappa shape index (κ1) is 18.4. The Morgan fingerprint density at radius 3 is 2.52 bits per heavy atom. The fourth-order valence-electron chi connectivity index (χ4n) is 3.29. The minimum Gasteiger partial charge on any atom is -0.466 e. The van der Waals surface area contributed by atoms with Crippen LogP contribution in [0.3, 0.4) is 0 Å². The zero-order valence-electron chi connectivity index (χ0n) is 16.1. The molecule has 0 unspecified atom stereocenters. The maximum atomic E-state index is 13.1. The van der Waals surface area contributed by atoms with E-state index in [1.165, 1.54) is 0 Å². The van der Waals surface area contributed by atoms with E-state index < -0.39 is 11.8 Å². The molecule has 3 N–H and O–H groups in total. The zero-order chi connectivity index (χ0) is 20.7. The number of para-hydroxylation sites is 1. The summed E-state index contributed by atoms with van der Waals surface area (Å²) in [7, 11) is 0. The van der Waals surface area contributed by atoms with Gasteiger partial charge in [0.05, 0.1) is 33.6 Å². The Balaban J connectivity index is 1.84. The summed E-state index contributed by atoms with van der Waals surface area (Å²) in [6.45, 7) is 5.39. The molecular formula is C21H18N4O4. The van der Waals surface area contributed by atoms with Gasteiger partial charge in [-0.2, -0.15) is 0 Å². The third-order valence-corrected chi connectivity index (χ3v) is 4.62. The van der Waals surface area contributed by atoms with E-state index in [4.69, 9.17) is 14.7 Å². The minimum atomic E-state index is -0.632. The molecule has 4 rings (SSSR count). The summed E-state index contributed by atoms with van der Waals surface area (Å²) in [5, 5.41) is 7.20. The number of aryl methyl sites for hydroxylation is 3. The van der Waals surface area contributed by atoms with Gasteiger partial charge in [-0.25, -0.2) is 4.98 Å². The van der Waals surface area contributed by atoms with E-state index in [0.29, 0.717) is 33.8 Å². The van der Waals surface area contributed by atoms with Crippen LogP contribution in [0.4, 0.5) is 5.69 Å². The number of fused-ring (bicyclic) bond motifs is 1. The average molecular weight is 390 g/mol. The van der Waals surface area contributed by atoms with Crippen molar-refractivity contribution in [2.45, 2.75) is 20.8 Å². The van der Waals surface area contributed by atoms with Crippen LogP contribution in [0.25, 0.3) is 22.4 Å². The summed E-state index contributed by atoms with van der Waals surface area (Å²) >= 11 is 0. The van der Waals surface area contributed by atoms with E-state index in [-0.39, 0.29) is 11.3 Å². The molecule has 0 spiro atoms. The monoisotopic (exact) mass is 390 g/mol. The van der Waals surface area contributed by atoms with Gasteiger partial charge in [-0.3, -0.25) is 9.59 Å². The van der Waals surface area contributed by atoms with Crippen molar-refractivity contribution in [2.75, 3.05) is 5.32 Å². The maximum absolute atomic E-state index is 13.1. The number of nitrogens with two attached hydrogens (primary N) is 1. The smallest absolute Gasteiger partial charge is 0.259 e. The van der Waals surface area contributed by atoms with Gasteiger partial charge in [0.15, 0.2) is 0 Å². The Morgan fingerprint density at radius 2 is 1.83 bits per heavy atom. The summed E-state index contributed by atoms with van der Waals surface area (Å²) in [4.78, 5) is 29.3. The number of nitrogens with zero attached hydrogens (tertiary/aromatic N) is 2. The van der Waals surface area contributed by atoms with Crippen LogP contribution in [0.5, 0.6) is 0 Å². The molecule has 2 amide bonds. The molecule has 0 bridgehead atoms. The highest BCUT2D eigenvalue weighted by Crippen LogP contribution is 2.31. The van der Waals surface area contributed by atoms with E-state index in [0.717, 1.165) is 11.3 Å². The number of carbonyl (C=O) groups excluding carboxylic acids is 2. The summed E-state index contributed by atoms with van der Waals surface area (Å²) in [6, 6.07) is 10.0. The van der Waals surface area contributed by atoms with E-state index in [1.807, 2.05) is 19.9 Å². The summed E-state index contributed by atoms with van der Waals surface area (Å²) < 4.78 is 10.9. The van der Waals surface area contributed by atoms with Crippen molar-refractivity contribution in [3.8, 4) is 11.3 Å². The predicted molar refractivity (Wildman–Crippen MR) is 107 cm³/mol. The number of furan rings is 1. The number of carbonyl (C=O) groups is 2. The quantitative estimate of drug-likeness (QED) is 0.547. The number of rotatable bonds is 4. The lowest BCUT2D eigenvalue weighted by Crippen LogP contribution is -2.18. The first-order valence-corrected chi connectivity index (χ1v) is 8.89. The van der Waals surface area contributed by atoms with Crippen LogP contribution in [0, 0.1) is 20.8 Å². The fourth-order valence-corrected chi connectivity index (χ4v) is 3.29. The molecule has 3 aromatic heterocycles. The molecular weight excluding hydrogens is 372 g/mol. The number of aromatic nitrogens is 2.